The van der Waals surface area contributed by atoms with Crippen molar-refractivity contribution in [3.63, 3.8) is 0 Å². The van der Waals surface area contributed by atoms with E-state index in [-0.39, 0.29) is 12.3 Å². The first-order valence-corrected chi connectivity index (χ1v) is 8.30. The first-order chi connectivity index (χ1) is 12.0. The Balaban J connectivity index is 4.22. The van der Waals surface area contributed by atoms with Crippen LogP contribution in [0.2, 0.25) is 0 Å². The summed E-state index contributed by atoms with van der Waals surface area (Å²) >= 11 is 0. The molecule has 0 fully saturated rings. The van der Waals surface area contributed by atoms with Crippen LogP contribution in [-0.4, -0.2) is 30.1 Å². The van der Waals surface area contributed by atoms with Crippen molar-refractivity contribution in [2.75, 3.05) is 13.1 Å². The van der Waals surface area contributed by atoms with Crippen molar-refractivity contribution >= 4 is 11.8 Å². The molecular formula is C19H29N3O3. The number of nitrogens with one attached hydrogen (secondary N) is 3. The van der Waals surface area contributed by atoms with Gasteiger partial charge < -0.3 is 10.6 Å². The maximum atomic E-state index is 11.8. The minimum absolute atomic E-state index is 0.190. The highest BCUT2D eigenvalue weighted by molar-refractivity contribution is 5.88. The summed E-state index contributed by atoms with van der Waals surface area (Å²) in [5, 5.41) is 14.3. The van der Waals surface area contributed by atoms with Gasteiger partial charge in [0.05, 0.1) is 0 Å². The summed E-state index contributed by atoms with van der Waals surface area (Å²) < 4.78 is 0. The minimum Gasteiger partial charge on any atom is -0.387 e. The maximum absolute atomic E-state index is 11.8. The topological polar surface area (TPSA) is 90.5 Å². The molecule has 25 heavy (non-hydrogen) atoms. The van der Waals surface area contributed by atoms with Gasteiger partial charge in [0.25, 0.3) is 0 Å². The van der Waals surface area contributed by atoms with Gasteiger partial charge in [0.15, 0.2) is 0 Å². The van der Waals surface area contributed by atoms with Crippen molar-refractivity contribution in [2.45, 2.75) is 32.6 Å². The van der Waals surface area contributed by atoms with Crippen LogP contribution in [0.15, 0.2) is 60.9 Å². The van der Waals surface area contributed by atoms with E-state index in [2.05, 4.69) is 23.8 Å². The van der Waals surface area contributed by atoms with Gasteiger partial charge in [-0.1, -0.05) is 37.8 Å². The van der Waals surface area contributed by atoms with Crippen molar-refractivity contribution in [1.29, 1.82) is 0 Å². The molecule has 0 aliphatic carbocycles. The molecule has 2 amide bonds. The number of hydrogen-bond donors (Lipinski definition) is 4. The Morgan fingerprint density at radius 2 is 1.92 bits per heavy atom. The summed E-state index contributed by atoms with van der Waals surface area (Å²) in [5.41, 5.74) is 3.09. The van der Waals surface area contributed by atoms with Gasteiger partial charge in [0, 0.05) is 31.8 Å². The van der Waals surface area contributed by atoms with E-state index in [4.69, 9.17) is 5.21 Å². The molecule has 0 aromatic heterocycles. The number of carbonyl (C=O) groups is 2. The standard InChI is InChI=1S/C19H29N3O3/c1-4-6-13-20-15-17(16(3)5-2)11-12-18(23)21-14-9-7-8-10-19(24)22-25/h4-6,11-12,15,20,25H,2-3,7-10,13-14H2,1H3,(H,21,23)(H,22,24)/b6-4-,12-11+,17-15-. The van der Waals surface area contributed by atoms with Gasteiger partial charge in [-0.3, -0.25) is 14.8 Å². The van der Waals surface area contributed by atoms with Gasteiger partial charge in [0.1, 0.15) is 0 Å². The van der Waals surface area contributed by atoms with Gasteiger partial charge in [-0.2, -0.15) is 0 Å². The van der Waals surface area contributed by atoms with Crippen LogP contribution in [0.5, 0.6) is 0 Å². The van der Waals surface area contributed by atoms with Crippen LogP contribution in [0.4, 0.5) is 0 Å². The fraction of sp³-hybridized carbons (Fsp3) is 0.368. The molecule has 0 saturated heterocycles. The monoisotopic (exact) mass is 347 g/mol. The van der Waals surface area contributed by atoms with Crippen molar-refractivity contribution < 1.29 is 14.8 Å². The van der Waals surface area contributed by atoms with E-state index in [1.165, 1.54) is 6.08 Å². The Morgan fingerprint density at radius 1 is 1.16 bits per heavy atom. The van der Waals surface area contributed by atoms with Crippen LogP contribution in [0.25, 0.3) is 0 Å². The lowest BCUT2D eigenvalue weighted by Crippen LogP contribution is -2.22. The number of carbonyl (C=O) groups excluding carboxylic acids is 2. The maximum Gasteiger partial charge on any atom is 0.244 e. The molecule has 0 bridgehead atoms. The number of hydroxylamine groups is 1. The van der Waals surface area contributed by atoms with Crippen LogP contribution in [0.1, 0.15) is 32.6 Å². The Bertz CT molecular complexity index is 534. The van der Waals surface area contributed by atoms with E-state index in [1.807, 2.05) is 19.1 Å². The van der Waals surface area contributed by atoms with Crippen LogP contribution >= 0.6 is 0 Å². The van der Waals surface area contributed by atoms with Crippen molar-refractivity contribution in [2.24, 2.45) is 0 Å². The van der Waals surface area contributed by atoms with Crippen molar-refractivity contribution in [3.8, 4) is 0 Å². The summed E-state index contributed by atoms with van der Waals surface area (Å²) in [6.07, 6.45) is 13.0. The quantitative estimate of drug-likeness (QED) is 0.103. The molecule has 0 radical (unpaired) electrons. The van der Waals surface area contributed by atoms with E-state index in [9.17, 15) is 9.59 Å². The number of hydrogen-bond acceptors (Lipinski definition) is 4. The number of amides is 2. The molecule has 0 rings (SSSR count). The Kier molecular flexibility index (Phi) is 13.4. The molecule has 4 N–H and O–H groups in total. The van der Waals surface area contributed by atoms with E-state index in [1.54, 1.807) is 23.8 Å². The van der Waals surface area contributed by atoms with Gasteiger partial charge >= 0.3 is 0 Å². The Morgan fingerprint density at radius 3 is 2.56 bits per heavy atom. The van der Waals surface area contributed by atoms with Crippen molar-refractivity contribution in [3.05, 3.63) is 60.9 Å². The molecule has 0 atom stereocenters. The average Bonchev–Trinajstić information content (AvgIpc) is 2.62. The SMILES string of the molecule is C=CC(=C)C(=C\NC/C=C\C)/C=C/C(=O)NCCCCCC(=O)NO. The summed E-state index contributed by atoms with van der Waals surface area (Å²) in [5.74, 6) is -0.582. The molecule has 6 nitrogen and oxygen atoms in total. The van der Waals surface area contributed by atoms with E-state index in [0.717, 1.165) is 24.0 Å². The molecule has 6 heteroatoms. The number of rotatable bonds is 13. The molecule has 0 spiro atoms. The average molecular weight is 347 g/mol. The van der Waals surface area contributed by atoms with Gasteiger partial charge in [-0.05, 0) is 37.0 Å². The van der Waals surface area contributed by atoms with Crippen LogP contribution in [0.3, 0.4) is 0 Å². The smallest absolute Gasteiger partial charge is 0.244 e. The second kappa shape index (κ2) is 15.0. The first-order valence-electron chi connectivity index (χ1n) is 8.30. The lowest BCUT2D eigenvalue weighted by molar-refractivity contribution is -0.129. The predicted molar refractivity (Wildman–Crippen MR) is 101 cm³/mol. The van der Waals surface area contributed by atoms with Crippen LogP contribution in [-0.2, 0) is 9.59 Å². The lowest BCUT2D eigenvalue weighted by atomic mass is 10.1. The summed E-state index contributed by atoms with van der Waals surface area (Å²) in [6, 6.07) is 0. The van der Waals surface area contributed by atoms with Gasteiger partial charge in [-0.25, -0.2) is 5.48 Å². The normalized spacial score (nSPS) is 11.5. The number of unbranched alkanes of at least 4 members (excludes halogenated alkanes) is 2. The van der Waals surface area contributed by atoms with E-state index in [0.29, 0.717) is 19.5 Å². The number of allylic oxidation sites excluding steroid dienone is 5. The highest BCUT2D eigenvalue weighted by Gasteiger charge is 2.00. The zero-order chi connectivity index (χ0) is 18.9. The first kappa shape index (κ1) is 22.4. The third-order valence-electron chi connectivity index (χ3n) is 3.26. The molecule has 0 heterocycles. The van der Waals surface area contributed by atoms with Crippen LogP contribution < -0.4 is 16.1 Å². The molecule has 138 valence electrons. The summed E-state index contributed by atoms with van der Waals surface area (Å²) in [7, 11) is 0. The molecule has 0 aromatic rings. The minimum atomic E-state index is -0.392. The molecule has 0 aromatic carbocycles. The fourth-order valence-corrected chi connectivity index (χ4v) is 1.80. The molecular weight excluding hydrogens is 318 g/mol. The molecule has 0 aliphatic heterocycles. The van der Waals surface area contributed by atoms with Gasteiger partial charge in [-0.15, -0.1) is 0 Å². The van der Waals surface area contributed by atoms with Crippen molar-refractivity contribution in [1.82, 2.24) is 16.1 Å². The highest BCUT2D eigenvalue weighted by Crippen LogP contribution is 2.09. The largest absolute Gasteiger partial charge is 0.387 e. The lowest BCUT2D eigenvalue weighted by Gasteiger charge is -2.04. The molecule has 0 aliphatic rings. The second-order valence-electron chi connectivity index (χ2n) is 5.28. The molecule has 0 saturated carbocycles. The summed E-state index contributed by atoms with van der Waals surface area (Å²) in [4.78, 5) is 22.6. The van der Waals surface area contributed by atoms with E-state index < -0.39 is 5.91 Å². The highest BCUT2D eigenvalue weighted by atomic mass is 16.5. The second-order valence-corrected chi connectivity index (χ2v) is 5.28. The zero-order valence-corrected chi connectivity index (χ0v) is 14.9. The molecule has 0 unspecified atom stereocenters. The zero-order valence-electron chi connectivity index (χ0n) is 14.9. The van der Waals surface area contributed by atoms with Crippen LogP contribution in [0, 0.1) is 0 Å². The third-order valence-corrected chi connectivity index (χ3v) is 3.26. The fourth-order valence-electron chi connectivity index (χ4n) is 1.80. The Labute approximate surface area is 150 Å². The predicted octanol–water partition coefficient (Wildman–Crippen LogP) is 2.52. The third kappa shape index (κ3) is 12.5. The van der Waals surface area contributed by atoms with E-state index >= 15 is 0 Å². The summed E-state index contributed by atoms with van der Waals surface area (Å²) in [6.45, 7) is 10.7. The Hall–Kier alpha value is -2.60. The van der Waals surface area contributed by atoms with Gasteiger partial charge in [0.2, 0.25) is 11.8 Å².